The minimum Gasteiger partial charge on any atom is -0.854 e. The third-order valence-corrected chi connectivity index (χ3v) is 9.65. The molecular weight excluding hydrogens is 647 g/mol. The molecule has 11 nitrogen and oxygen atoms in total. The van der Waals surface area contributed by atoms with E-state index < -0.39 is 19.7 Å². The lowest BCUT2D eigenvalue weighted by atomic mass is 10.0. The van der Waals surface area contributed by atoms with E-state index >= 15 is 0 Å². The minimum atomic E-state index is -3.88. The van der Waals surface area contributed by atoms with Crippen molar-refractivity contribution in [1.29, 1.82) is 0 Å². The third kappa shape index (κ3) is 29.3. The van der Waals surface area contributed by atoms with Crippen molar-refractivity contribution in [2.45, 2.75) is 122 Å². The molecule has 2 unspecified atom stereocenters. The van der Waals surface area contributed by atoms with Gasteiger partial charge in [-0.25, -0.2) is 4.57 Å². The van der Waals surface area contributed by atoms with Crippen LogP contribution in [0.4, 0.5) is 0 Å². The molecule has 0 rings (SSSR count). The second-order valence-corrected chi connectivity index (χ2v) is 15.4. The average molecular weight is 713 g/mol. The Morgan fingerprint density at radius 1 is 0.696 bits per heavy atom. The maximum atomic E-state index is 13.5. The molecule has 272 valence electrons. The van der Waals surface area contributed by atoms with Crippen LogP contribution in [0.1, 0.15) is 116 Å². The molecule has 0 aliphatic carbocycles. The van der Waals surface area contributed by atoms with Gasteiger partial charge in [0, 0.05) is 19.0 Å². The number of nitrogens with zero attached hydrogens (tertiary/aromatic N) is 1. The fraction of sp³-hybridized carbons (Fsp3) is 0.906. The SMILES string of the molecule is C[N+](C)(C)CCOP(=O)(NC(=O)CCC(CNC(=O)CS)NC(=O)CS)OCCCCCCCCCCCCCCCCCC[O-]. The van der Waals surface area contributed by atoms with Gasteiger partial charge in [0.1, 0.15) is 13.2 Å². The lowest BCUT2D eigenvalue weighted by Crippen LogP contribution is -2.45. The van der Waals surface area contributed by atoms with E-state index in [0.29, 0.717) is 11.0 Å². The van der Waals surface area contributed by atoms with Crippen LogP contribution in [0, 0.1) is 0 Å². The Balaban J connectivity index is 4.40. The van der Waals surface area contributed by atoms with Crippen LogP contribution in [0.5, 0.6) is 0 Å². The van der Waals surface area contributed by atoms with Crippen molar-refractivity contribution in [2.24, 2.45) is 0 Å². The summed E-state index contributed by atoms with van der Waals surface area (Å²) in [5, 5.41) is 18.3. The van der Waals surface area contributed by atoms with Gasteiger partial charge in [0.05, 0.1) is 39.3 Å². The Kier molecular flexibility index (Phi) is 28.6. The van der Waals surface area contributed by atoms with Crippen molar-refractivity contribution in [3.8, 4) is 0 Å². The molecule has 0 bridgehead atoms. The number of carbonyl (C=O) groups is 3. The fourth-order valence-corrected chi connectivity index (χ4v) is 6.22. The molecule has 0 aromatic rings. The lowest BCUT2D eigenvalue weighted by Gasteiger charge is -2.25. The number of rotatable bonds is 32. The van der Waals surface area contributed by atoms with E-state index in [1.54, 1.807) is 0 Å². The van der Waals surface area contributed by atoms with Crippen LogP contribution in [-0.4, -0.2) is 93.8 Å². The number of quaternary nitrogens is 1. The van der Waals surface area contributed by atoms with Crippen molar-refractivity contribution in [3.63, 3.8) is 0 Å². The number of unbranched alkanes of at least 4 members (excludes halogenated alkanes) is 15. The molecule has 2 atom stereocenters. The van der Waals surface area contributed by atoms with Crippen molar-refractivity contribution < 1.29 is 37.6 Å². The van der Waals surface area contributed by atoms with Gasteiger partial charge in [0.2, 0.25) is 17.7 Å². The molecule has 3 amide bonds. The normalized spacial score (nSPS) is 13.6. The van der Waals surface area contributed by atoms with E-state index in [4.69, 9.17) is 9.05 Å². The van der Waals surface area contributed by atoms with Gasteiger partial charge in [0.15, 0.2) is 0 Å². The first kappa shape index (κ1) is 45.2. The van der Waals surface area contributed by atoms with Crippen LogP contribution in [-0.2, 0) is 28.0 Å². The molecule has 46 heavy (non-hydrogen) atoms. The highest BCUT2D eigenvalue weighted by Gasteiger charge is 2.29. The van der Waals surface area contributed by atoms with Crippen LogP contribution in [0.15, 0.2) is 0 Å². The molecule has 0 spiro atoms. The summed E-state index contributed by atoms with van der Waals surface area (Å²) in [6.45, 7) is 1.15. The molecule has 0 fully saturated rings. The Hall–Kier alpha value is -0.820. The molecule has 3 N–H and O–H groups in total. The summed E-state index contributed by atoms with van der Waals surface area (Å²) in [5.74, 6) is -1.16. The highest BCUT2D eigenvalue weighted by Crippen LogP contribution is 2.44. The van der Waals surface area contributed by atoms with Crippen molar-refractivity contribution in [3.05, 3.63) is 0 Å². The molecule has 0 radical (unpaired) electrons. The molecule has 0 aliphatic heterocycles. The first-order valence-corrected chi connectivity index (χ1v) is 20.1. The van der Waals surface area contributed by atoms with Gasteiger partial charge in [-0.3, -0.25) is 28.5 Å². The monoisotopic (exact) mass is 712 g/mol. The standard InChI is InChI=1S/C32H65N4O7PS2/c1-36(2,3)22-25-43-44(41,35-30(38)21-20-29(34-32(40)28-46)26-33-31(39)27-45)42-24-19-17-15-13-11-9-7-5-4-6-8-10-12-14-16-18-23-37/h29,45-46H,4-28H2,1-3H3,(H,33,39)(H,34,40)(H,35,38,41). The smallest absolute Gasteiger partial charge is 0.435 e. The Morgan fingerprint density at radius 2 is 1.15 bits per heavy atom. The van der Waals surface area contributed by atoms with Crippen molar-refractivity contribution in [1.82, 2.24) is 15.7 Å². The van der Waals surface area contributed by atoms with Crippen LogP contribution in [0.2, 0.25) is 0 Å². The van der Waals surface area contributed by atoms with Gasteiger partial charge < -0.3 is 20.2 Å². The summed E-state index contributed by atoms with van der Waals surface area (Å²) in [6, 6.07) is -0.504. The Bertz CT molecular complexity index is 850. The number of hydrogen-bond acceptors (Lipinski definition) is 9. The number of likely N-dealkylation sites (N-methyl/N-ethyl adjacent to an activating group) is 1. The number of carbonyl (C=O) groups excluding carboxylic acids is 3. The highest BCUT2D eigenvalue weighted by molar-refractivity contribution is 7.81. The summed E-state index contributed by atoms with van der Waals surface area (Å²) >= 11 is 7.89. The number of amides is 3. The maximum absolute atomic E-state index is 13.5. The van der Waals surface area contributed by atoms with Crippen molar-refractivity contribution >= 4 is 50.7 Å². The van der Waals surface area contributed by atoms with Gasteiger partial charge in [-0.1, -0.05) is 96.3 Å². The van der Waals surface area contributed by atoms with Gasteiger partial charge in [-0.2, -0.15) is 25.3 Å². The van der Waals surface area contributed by atoms with Gasteiger partial charge >= 0.3 is 7.75 Å². The van der Waals surface area contributed by atoms with Gasteiger partial charge in [0.25, 0.3) is 0 Å². The Morgan fingerprint density at radius 3 is 1.61 bits per heavy atom. The fourth-order valence-electron chi connectivity index (χ4n) is 4.71. The number of thiol groups is 2. The van der Waals surface area contributed by atoms with Crippen LogP contribution in [0.3, 0.4) is 0 Å². The van der Waals surface area contributed by atoms with E-state index in [-0.39, 0.29) is 62.5 Å². The Labute approximate surface area is 290 Å². The maximum Gasteiger partial charge on any atom is 0.435 e. The largest absolute Gasteiger partial charge is 0.854 e. The molecule has 0 saturated heterocycles. The second kappa shape index (κ2) is 29.1. The summed E-state index contributed by atoms with van der Waals surface area (Å²) in [4.78, 5) is 36.2. The predicted octanol–water partition coefficient (Wildman–Crippen LogP) is 4.79. The molecule has 0 saturated carbocycles. The lowest BCUT2D eigenvalue weighted by molar-refractivity contribution is -0.870. The second-order valence-electron chi connectivity index (χ2n) is 13.0. The summed E-state index contributed by atoms with van der Waals surface area (Å²) < 4.78 is 25.3. The first-order valence-electron chi connectivity index (χ1n) is 17.3. The zero-order valence-corrected chi connectivity index (χ0v) is 31.6. The highest BCUT2D eigenvalue weighted by atomic mass is 32.1. The van der Waals surface area contributed by atoms with Crippen LogP contribution >= 0.6 is 33.0 Å². The summed E-state index contributed by atoms with van der Waals surface area (Å²) in [6.07, 6.45) is 18.8. The molecule has 0 aromatic carbocycles. The zero-order chi connectivity index (χ0) is 34.5. The van der Waals surface area contributed by atoms with Crippen molar-refractivity contribution in [2.75, 3.05) is 65.6 Å². The van der Waals surface area contributed by atoms with Crippen LogP contribution in [0.25, 0.3) is 0 Å². The number of hydrogen-bond donors (Lipinski definition) is 5. The topological polar surface area (TPSA) is 146 Å². The quantitative estimate of drug-likeness (QED) is 0.0292. The van der Waals surface area contributed by atoms with Gasteiger partial charge in [-0.15, -0.1) is 6.61 Å². The van der Waals surface area contributed by atoms with E-state index in [0.717, 1.165) is 38.5 Å². The van der Waals surface area contributed by atoms with E-state index in [1.165, 1.54) is 64.2 Å². The minimum absolute atomic E-state index is 0.00665. The van der Waals surface area contributed by atoms with E-state index in [1.807, 2.05) is 21.1 Å². The van der Waals surface area contributed by atoms with Gasteiger partial charge in [-0.05, 0) is 12.8 Å². The predicted molar refractivity (Wildman–Crippen MR) is 191 cm³/mol. The zero-order valence-electron chi connectivity index (χ0n) is 28.9. The van der Waals surface area contributed by atoms with E-state index in [9.17, 15) is 24.1 Å². The average Bonchev–Trinajstić information content (AvgIpc) is 3.00. The third-order valence-electron chi connectivity index (χ3n) is 7.50. The molecular formula is C32H65N4O7PS2. The molecule has 14 heteroatoms. The summed E-state index contributed by atoms with van der Waals surface area (Å²) in [7, 11) is 2.09. The van der Waals surface area contributed by atoms with Crippen LogP contribution < -0.4 is 20.8 Å². The van der Waals surface area contributed by atoms with E-state index in [2.05, 4.69) is 41.0 Å². The summed E-state index contributed by atoms with van der Waals surface area (Å²) in [5.41, 5.74) is 0. The molecule has 0 heterocycles. The first-order chi connectivity index (χ1) is 21.9. The molecule has 0 aliphatic rings. The molecule has 0 aromatic heterocycles. The number of nitrogens with one attached hydrogen (secondary N) is 3.